The minimum Gasteiger partial charge on any atom is -0.343 e. The summed E-state index contributed by atoms with van der Waals surface area (Å²) >= 11 is 0. The van der Waals surface area contributed by atoms with Gasteiger partial charge in [-0.25, -0.2) is 0 Å². The van der Waals surface area contributed by atoms with Gasteiger partial charge < -0.3 is 13.8 Å². The molecule has 29 heavy (non-hydrogen) atoms. The summed E-state index contributed by atoms with van der Waals surface area (Å²) in [7, 11) is 0. The summed E-state index contributed by atoms with van der Waals surface area (Å²) in [6, 6.07) is 0. The second kappa shape index (κ2) is 30.8. The molecule has 0 aromatic rings. The first kappa shape index (κ1) is 34.2. The van der Waals surface area contributed by atoms with Crippen LogP contribution < -0.4 is 0 Å². The van der Waals surface area contributed by atoms with Gasteiger partial charge in [0, 0.05) is 0 Å². The van der Waals surface area contributed by atoms with E-state index in [2.05, 4.69) is 41.5 Å². The van der Waals surface area contributed by atoms with Crippen LogP contribution in [-0.2, 0) is 19.5 Å². The van der Waals surface area contributed by atoms with Gasteiger partial charge in [-0.2, -0.15) is 12.8 Å². The fraction of sp³-hybridized carbons (Fsp3) is 0.929. The van der Waals surface area contributed by atoms with Crippen molar-refractivity contribution in [2.75, 3.05) is 0 Å². The van der Waals surface area contributed by atoms with E-state index in [4.69, 9.17) is 0 Å². The minimum atomic E-state index is 0. The van der Waals surface area contributed by atoms with Crippen molar-refractivity contribution in [1.82, 2.24) is 0 Å². The van der Waals surface area contributed by atoms with E-state index in [1.807, 2.05) is 0 Å². The van der Waals surface area contributed by atoms with Gasteiger partial charge in [-0.1, -0.05) is 143 Å². The topological polar surface area (TPSA) is 0 Å². The molecule has 0 aliphatic rings. The van der Waals surface area contributed by atoms with Crippen molar-refractivity contribution in [3.05, 3.63) is 13.8 Å². The number of hydrogen-bond donors (Lipinski definition) is 0. The van der Waals surface area contributed by atoms with Gasteiger partial charge in [0.05, 0.1) is 0 Å². The fourth-order valence-electron chi connectivity index (χ4n) is 4.04. The first-order chi connectivity index (χ1) is 13.7. The Balaban J connectivity index is -0.000000451. The van der Waals surface area contributed by atoms with Crippen molar-refractivity contribution in [3.63, 3.8) is 0 Å². The summed E-state index contributed by atoms with van der Waals surface area (Å²) in [4.78, 5) is 0. The van der Waals surface area contributed by atoms with Crippen molar-refractivity contribution in [3.8, 4) is 0 Å². The first-order valence-electron chi connectivity index (χ1n) is 13.3. The smallest absolute Gasteiger partial charge is 0.343 e. The molecule has 0 nitrogen and oxygen atoms in total. The van der Waals surface area contributed by atoms with Crippen LogP contribution >= 0.6 is 0 Å². The molecule has 2 unspecified atom stereocenters. The predicted octanol–water partition coefficient (Wildman–Crippen LogP) is 10.8. The number of hydrogen-bond acceptors (Lipinski definition) is 0. The van der Waals surface area contributed by atoms with E-state index in [1.165, 1.54) is 116 Å². The van der Waals surface area contributed by atoms with Crippen molar-refractivity contribution in [1.29, 1.82) is 0 Å². The zero-order chi connectivity index (χ0) is 21.3. The molecule has 0 fully saturated rings. The second-order valence-electron chi connectivity index (χ2n) is 8.95. The summed E-state index contributed by atoms with van der Waals surface area (Å²) in [5.74, 6) is 2.00. The van der Waals surface area contributed by atoms with Crippen LogP contribution in [0.3, 0.4) is 0 Å². The van der Waals surface area contributed by atoms with Crippen LogP contribution in [0.25, 0.3) is 0 Å². The summed E-state index contributed by atoms with van der Waals surface area (Å²) in [5, 5.41) is 0. The van der Waals surface area contributed by atoms with E-state index in [1.54, 1.807) is 0 Å². The summed E-state index contributed by atoms with van der Waals surface area (Å²) < 4.78 is 0. The zero-order valence-electron chi connectivity index (χ0n) is 21.4. The molecule has 0 N–H and O–H groups in total. The maximum Gasteiger partial charge on any atom is 2.00 e. The summed E-state index contributed by atoms with van der Waals surface area (Å²) in [6.07, 6.45) is 27.6. The molecule has 0 aromatic carbocycles. The third-order valence-electron chi connectivity index (χ3n) is 6.31. The average molecular weight is 460 g/mol. The Hall–Kier alpha value is 0.623. The Labute approximate surface area is 200 Å². The van der Waals surface area contributed by atoms with Crippen LogP contribution in [0.2, 0.25) is 0 Å². The van der Waals surface area contributed by atoms with Crippen LogP contribution in [0, 0.1) is 25.7 Å². The third-order valence-corrected chi connectivity index (χ3v) is 6.31. The molecular weight excluding hydrogens is 402 g/mol. The van der Waals surface area contributed by atoms with Crippen LogP contribution in [0.1, 0.15) is 156 Å². The van der Waals surface area contributed by atoms with Crippen LogP contribution in [-0.4, -0.2) is 0 Å². The fourth-order valence-corrected chi connectivity index (χ4v) is 4.04. The van der Waals surface area contributed by atoms with Gasteiger partial charge in [0.1, 0.15) is 0 Å². The van der Waals surface area contributed by atoms with Crippen molar-refractivity contribution >= 4 is 0 Å². The van der Waals surface area contributed by atoms with Crippen LogP contribution in [0.5, 0.6) is 0 Å². The second-order valence-corrected chi connectivity index (χ2v) is 8.95. The largest absolute Gasteiger partial charge is 2.00 e. The molecular formula is C28H58Zn. The SMILES string of the molecule is [CH2-]CCCCC(CC)CCCCCC.[CH2-]CCCCC(CC)CCCCCC.[Zn+2]. The first-order valence-corrected chi connectivity index (χ1v) is 13.3. The van der Waals surface area contributed by atoms with E-state index in [0.29, 0.717) is 0 Å². The van der Waals surface area contributed by atoms with Gasteiger partial charge in [0.15, 0.2) is 0 Å². The van der Waals surface area contributed by atoms with Crippen LogP contribution in [0.4, 0.5) is 0 Å². The monoisotopic (exact) mass is 458 g/mol. The van der Waals surface area contributed by atoms with E-state index in [0.717, 1.165) is 24.7 Å². The molecule has 0 heterocycles. The Morgan fingerprint density at radius 2 is 0.759 bits per heavy atom. The van der Waals surface area contributed by atoms with E-state index in [9.17, 15) is 0 Å². The maximum atomic E-state index is 3.89. The summed E-state index contributed by atoms with van der Waals surface area (Å²) in [5.41, 5.74) is 0. The molecule has 0 aliphatic carbocycles. The molecule has 0 rings (SSSR count). The molecule has 0 radical (unpaired) electrons. The van der Waals surface area contributed by atoms with Crippen molar-refractivity contribution in [2.24, 2.45) is 11.8 Å². The zero-order valence-corrected chi connectivity index (χ0v) is 24.4. The van der Waals surface area contributed by atoms with E-state index >= 15 is 0 Å². The molecule has 1 heteroatoms. The summed E-state index contributed by atoms with van der Waals surface area (Å²) in [6.45, 7) is 17.0. The van der Waals surface area contributed by atoms with Gasteiger partial charge in [-0.15, -0.1) is 0 Å². The minimum absolute atomic E-state index is 0. The van der Waals surface area contributed by atoms with Gasteiger partial charge in [-0.05, 0) is 11.8 Å². The molecule has 0 spiro atoms. The van der Waals surface area contributed by atoms with Gasteiger partial charge >= 0.3 is 19.5 Å². The molecule has 2 atom stereocenters. The molecule has 172 valence electrons. The standard InChI is InChI=1S/2C14H29.Zn/c2*1-4-7-9-11-13-14(6-3)12-10-8-5-2;/h2*14H,2,4-13H2,1,3H3;/q2*-1;+2. The van der Waals surface area contributed by atoms with Gasteiger partial charge in [0.25, 0.3) is 0 Å². The molecule has 0 aromatic heterocycles. The van der Waals surface area contributed by atoms with E-state index < -0.39 is 0 Å². The number of unbranched alkanes of at least 4 members (excludes halogenated alkanes) is 10. The maximum absolute atomic E-state index is 3.89. The Kier molecular flexibility index (Phi) is 36.4. The quantitative estimate of drug-likeness (QED) is 0.0963. The Morgan fingerprint density at radius 1 is 0.448 bits per heavy atom. The third kappa shape index (κ3) is 28.6. The number of rotatable bonds is 20. The Bertz CT molecular complexity index is 225. The molecule has 0 aliphatic heterocycles. The van der Waals surface area contributed by atoms with Crippen molar-refractivity contribution in [2.45, 2.75) is 156 Å². The van der Waals surface area contributed by atoms with Gasteiger partial charge in [0.2, 0.25) is 0 Å². The van der Waals surface area contributed by atoms with E-state index in [-0.39, 0.29) is 19.5 Å². The van der Waals surface area contributed by atoms with Gasteiger partial charge in [-0.3, -0.25) is 0 Å². The molecule has 0 bridgehead atoms. The normalized spacial score (nSPS) is 12.6. The average Bonchev–Trinajstić information content (AvgIpc) is 2.72. The molecule has 0 saturated carbocycles. The van der Waals surface area contributed by atoms with Crippen molar-refractivity contribution < 1.29 is 19.5 Å². The predicted molar refractivity (Wildman–Crippen MR) is 133 cm³/mol. The Morgan fingerprint density at radius 3 is 1.00 bits per heavy atom. The van der Waals surface area contributed by atoms with Crippen LogP contribution in [0.15, 0.2) is 0 Å². The molecule has 0 saturated heterocycles. The molecule has 0 amide bonds.